The van der Waals surface area contributed by atoms with Crippen LogP contribution in [0.4, 0.5) is 10.1 Å². The van der Waals surface area contributed by atoms with Gasteiger partial charge in [-0.3, -0.25) is 14.9 Å². The molecule has 21 heavy (non-hydrogen) atoms. The monoisotopic (exact) mass is 296 g/mol. The van der Waals surface area contributed by atoms with Crippen LogP contribution in [0.1, 0.15) is 36.0 Å². The highest BCUT2D eigenvalue weighted by Crippen LogP contribution is 2.28. The van der Waals surface area contributed by atoms with Gasteiger partial charge < -0.3 is 10.0 Å². The number of amides is 1. The van der Waals surface area contributed by atoms with Crippen molar-refractivity contribution in [3.8, 4) is 0 Å². The van der Waals surface area contributed by atoms with E-state index in [9.17, 15) is 19.3 Å². The van der Waals surface area contributed by atoms with Crippen LogP contribution >= 0.6 is 0 Å². The summed E-state index contributed by atoms with van der Waals surface area (Å²) < 4.78 is 13.8. The second kappa shape index (κ2) is 6.62. The van der Waals surface area contributed by atoms with E-state index in [0.717, 1.165) is 37.5 Å². The molecule has 0 aliphatic heterocycles. The molecule has 1 amide bonds. The maximum absolute atomic E-state index is 13.8. The van der Waals surface area contributed by atoms with Gasteiger partial charge in [-0.15, -0.1) is 0 Å². The number of carbonyl (C=O) groups is 1. The molecule has 1 N–H and O–H groups in total. The fourth-order valence-corrected chi connectivity index (χ4v) is 2.33. The summed E-state index contributed by atoms with van der Waals surface area (Å²) in [6, 6.07) is 2.98. The Morgan fingerprint density at radius 1 is 1.48 bits per heavy atom. The lowest BCUT2D eigenvalue weighted by Crippen LogP contribution is -2.45. The molecule has 7 heteroatoms. The fourth-order valence-electron chi connectivity index (χ4n) is 2.33. The van der Waals surface area contributed by atoms with E-state index in [1.807, 2.05) is 0 Å². The molecule has 2 rings (SSSR count). The van der Waals surface area contributed by atoms with Crippen LogP contribution in [0, 0.1) is 15.9 Å². The zero-order valence-corrected chi connectivity index (χ0v) is 11.5. The number of non-ortho nitro benzene ring substituents is 1. The fraction of sp³-hybridized carbons (Fsp3) is 0.500. The lowest BCUT2D eigenvalue weighted by molar-refractivity contribution is -0.384. The molecule has 0 unspecified atom stereocenters. The molecule has 1 aromatic carbocycles. The Kier molecular flexibility index (Phi) is 4.85. The zero-order valence-electron chi connectivity index (χ0n) is 11.5. The number of aliphatic hydroxyl groups excluding tert-OH is 1. The van der Waals surface area contributed by atoms with Gasteiger partial charge in [0.05, 0.1) is 10.5 Å². The third-order valence-corrected chi connectivity index (χ3v) is 3.72. The van der Waals surface area contributed by atoms with Crippen LogP contribution in [0.2, 0.25) is 0 Å². The Morgan fingerprint density at radius 3 is 2.71 bits per heavy atom. The molecule has 114 valence electrons. The first-order valence-electron chi connectivity index (χ1n) is 6.90. The number of nitro benzene ring substituents is 1. The normalized spacial score (nSPS) is 14.6. The molecule has 0 saturated heterocycles. The molecular formula is C14H17FN2O4. The minimum atomic E-state index is -0.765. The summed E-state index contributed by atoms with van der Waals surface area (Å²) >= 11 is 0. The summed E-state index contributed by atoms with van der Waals surface area (Å²) in [5, 5.41) is 19.7. The van der Waals surface area contributed by atoms with E-state index < -0.39 is 16.6 Å². The lowest BCUT2D eigenvalue weighted by Gasteiger charge is -2.37. The van der Waals surface area contributed by atoms with Gasteiger partial charge in [0.2, 0.25) is 0 Å². The predicted molar refractivity (Wildman–Crippen MR) is 73.4 cm³/mol. The van der Waals surface area contributed by atoms with Gasteiger partial charge in [-0.05, 0) is 31.7 Å². The minimum absolute atomic E-state index is 0.0303. The summed E-state index contributed by atoms with van der Waals surface area (Å²) in [5.41, 5.74) is -0.593. The summed E-state index contributed by atoms with van der Waals surface area (Å²) in [5.74, 6) is -1.31. The van der Waals surface area contributed by atoms with Gasteiger partial charge in [0.25, 0.3) is 11.6 Å². The van der Waals surface area contributed by atoms with E-state index in [2.05, 4.69) is 0 Å². The van der Waals surface area contributed by atoms with Crippen molar-refractivity contribution in [2.75, 3.05) is 13.2 Å². The first kappa shape index (κ1) is 15.4. The number of benzene rings is 1. The average molecular weight is 296 g/mol. The Balaban J connectivity index is 2.26. The van der Waals surface area contributed by atoms with E-state index in [1.165, 1.54) is 4.90 Å². The first-order valence-corrected chi connectivity index (χ1v) is 6.90. The van der Waals surface area contributed by atoms with Crippen LogP contribution in [0.3, 0.4) is 0 Å². The molecule has 0 heterocycles. The van der Waals surface area contributed by atoms with E-state index >= 15 is 0 Å². The van der Waals surface area contributed by atoms with Gasteiger partial charge in [-0.1, -0.05) is 0 Å². The second-order valence-corrected chi connectivity index (χ2v) is 5.08. The Labute approximate surface area is 121 Å². The molecule has 1 aliphatic rings. The van der Waals surface area contributed by atoms with Crippen molar-refractivity contribution >= 4 is 11.6 Å². The summed E-state index contributed by atoms with van der Waals surface area (Å²) in [4.78, 5) is 24.1. The van der Waals surface area contributed by atoms with Crippen molar-refractivity contribution < 1.29 is 19.2 Å². The second-order valence-electron chi connectivity index (χ2n) is 5.08. The van der Waals surface area contributed by atoms with Gasteiger partial charge in [-0.25, -0.2) is 4.39 Å². The lowest BCUT2D eigenvalue weighted by atomic mass is 9.90. The van der Waals surface area contributed by atoms with Crippen molar-refractivity contribution in [2.24, 2.45) is 0 Å². The van der Waals surface area contributed by atoms with Crippen molar-refractivity contribution in [1.82, 2.24) is 4.90 Å². The SMILES string of the molecule is O=C(c1cc([N+](=O)[O-])ccc1F)N(CCCO)C1CCC1. The molecule has 0 radical (unpaired) electrons. The maximum Gasteiger partial charge on any atom is 0.270 e. The molecule has 0 bridgehead atoms. The highest BCUT2D eigenvalue weighted by atomic mass is 19.1. The topological polar surface area (TPSA) is 83.7 Å². The molecule has 0 atom stereocenters. The van der Waals surface area contributed by atoms with Crippen LogP contribution < -0.4 is 0 Å². The minimum Gasteiger partial charge on any atom is -0.396 e. The molecular weight excluding hydrogens is 279 g/mol. The highest BCUT2D eigenvalue weighted by molar-refractivity contribution is 5.95. The number of hydrogen-bond donors (Lipinski definition) is 1. The van der Waals surface area contributed by atoms with E-state index in [1.54, 1.807) is 0 Å². The van der Waals surface area contributed by atoms with Crippen LogP contribution in [-0.4, -0.2) is 40.0 Å². The van der Waals surface area contributed by atoms with Gasteiger partial charge in [0, 0.05) is 31.3 Å². The van der Waals surface area contributed by atoms with Crippen molar-refractivity contribution in [2.45, 2.75) is 31.7 Å². The molecule has 0 aromatic heterocycles. The number of carbonyl (C=O) groups excluding carboxylic acids is 1. The van der Waals surface area contributed by atoms with Crippen LogP contribution in [0.25, 0.3) is 0 Å². The van der Waals surface area contributed by atoms with Crippen LogP contribution in [0.5, 0.6) is 0 Å². The van der Waals surface area contributed by atoms with Gasteiger partial charge in [-0.2, -0.15) is 0 Å². The number of hydrogen-bond acceptors (Lipinski definition) is 4. The number of aliphatic hydroxyl groups is 1. The molecule has 1 aromatic rings. The van der Waals surface area contributed by atoms with E-state index in [0.29, 0.717) is 13.0 Å². The average Bonchev–Trinajstić information content (AvgIpc) is 2.40. The summed E-state index contributed by atoms with van der Waals surface area (Å²) in [6.07, 6.45) is 3.09. The smallest absolute Gasteiger partial charge is 0.270 e. The van der Waals surface area contributed by atoms with Crippen molar-refractivity contribution in [3.05, 3.63) is 39.7 Å². The number of halogens is 1. The number of nitro groups is 1. The third-order valence-electron chi connectivity index (χ3n) is 3.72. The summed E-state index contributed by atoms with van der Waals surface area (Å²) in [6.45, 7) is 0.260. The third kappa shape index (κ3) is 3.36. The Bertz CT molecular complexity index is 546. The standard InChI is InChI=1S/C14H17FN2O4/c15-13-6-5-11(17(20)21)9-12(13)14(19)16(7-2-8-18)10-3-1-4-10/h5-6,9-10,18H,1-4,7-8H2. The van der Waals surface area contributed by atoms with Gasteiger partial charge in [0.15, 0.2) is 0 Å². The molecule has 1 fully saturated rings. The number of nitrogens with zero attached hydrogens (tertiary/aromatic N) is 2. The van der Waals surface area contributed by atoms with Crippen molar-refractivity contribution in [3.63, 3.8) is 0 Å². The highest BCUT2D eigenvalue weighted by Gasteiger charge is 2.31. The van der Waals surface area contributed by atoms with Gasteiger partial charge >= 0.3 is 0 Å². The van der Waals surface area contributed by atoms with E-state index in [-0.39, 0.29) is 23.9 Å². The van der Waals surface area contributed by atoms with Crippen molar-refractivity contribution in [1.29, 1.82) is 0 Å². The molecule has 0 spiro atoms. The van der Waals surface area contributed by atoms with Crippen LogP contribution in [-0.2, 0) is 0 Å². The molecule has 6 nitrogen and oxygen atoms in total. The van der Waals surface area contributed by atoms with Crippen LogP contribution in [0.15, 0.2) is 18.2 Å². The van der Waals surface area contributed by atoms with E-state index in [4.69, 9.17) is 5.11 Å². The quantitative estimate of drug-likeness (QED) is 0.643. The summed E-state index contributed by atoms with van der Waals surface area (Å²) in [7, 11) is 0. The number of rotatable bonds is 6. The zero-order chi connectivity index (χ0) is 15.4. The Hall–Kier alpha value is -2.02. The Morgan fingerprint density at radius 2 is 2.19 bits per heavy atom. The van der Waals surface area contributed by atoms with Gasteiger partial charge in [0.1, 0.15) is 5.82 Å². The molecule has 1 aliphatic carbocycles. The predicted octanol–water partition coefficient (Wildman–Crippen LogP) is 2.11. The maximum atomic E-state index is 13.8. The first-order chi connectivity index (χ1) is 10.0. The molecule has 1 saturated carbocycles. The largest absolute Gasteiger partial charge is 0.396 e.